The number of nitrogens with one attached hydrogen (secondary N) is 2. The highest BCUT2D eigenvalue weighted by Gasteiger charge is 2.11. The summed E-state index contributed by atoms with van der Waals surface area (Å²) in [5.74, 6) is 0.600. The Hall–Kier alpha value is -1.17. The average Bonchev–Trinajstić information content (AvgIpc) is 2.48. The fourth-order valence-electron chi connectivity index (χ4n) is 2.11. The number of rotatable bonds is 4. The number of morpholine rings is 1. The number of thiocarbonyl (C=S) groups is 1. The van der Waals surface area contributed by atoms with E-state index in [1.165, 1.54) is 5.56 Å². The summed E-state index contributed by atoms with van der Waals surface area (Å²) in [7, 11) is 0. The zero-order chi connectivity index (χ0) is 14.4. The van der Waals surface area contributed by atoms with Crippen LogP contribution in [0.2, 0.25) is 0 Å². The molecule has 1 fully saturated rings. The Balaban J connectivity index is 1.84. The van der Waals surface area contributed by atoms with Crippen LogP contribution in [-0.2, 0) is 4.74 Å². The number of nitrogens with zero attached hydrogens (tertiary/aromatic N) is 1. The Morgan fingerprint density at radius 3 is 2.55 bits per heavy atom. The third kappa shape index (κ3) is 4.44. The molecule has 1 atom stereocenters. The molecular weight excluding hydrogens is 270 g/mol. The van der Waals surface area contributed by atoms with Gasteiger partial charge in [-0.15, -0.1) is 0 Å². The lowest BCUT2D eigenvalue weighted by Gasteiger charge is -2.28. The maximum atomic E-state index is 5.32. The van der Waals surface area contributed by atoms with Gasteiger partial charge in [-0.05, 0) is 42.3 Å². The summed E-state index contributed by atoms with van der Waals surface area (Å²) in [6, 6.07) is 8.48. The van der Waals surface area contributed by atoms with Crippen molar-refractivity contribution in [3.8, 4) is 0 Å². The quantitative estimate of drug-likeness (QED) is 0.835. The summed E-state index contributed by atoms with van der Waals surface area (Å²) in [6.45, 7) is 7.66. The number of anilines is 1. The van der Waals surface area contributed by atoms with Crippen LogP contribution in [0.25, 0.3) is 0 Å². The van der Waals surface area contributed by atoms with E-state index in [-0.39, 0.29) is 0 Å². The molecule has 4 nitrogen and oxygen atoms in total. The smallest absolute Gasteiger partial charge is 0.185 e. The zero-order valence-corrected chi connectivity index (χ0v) is 13.0. The number of benzene rings is 1. The van der Waals surface area contributed by atoms with Crippen molar-refractivity contribution in [2.75, 3.05) is 31.6 Å². The van der Waals surface area contributed by atoms with Crippen molar-refractivity contribution in [2.24, 2.45) is 0 Å². The van der Waals surface area contributed by atoms with E-state index >= 15 is 0 Å². The van der Waals surface area contributed by atoms with E-state index < -0.39 is 0 Å². The van der Waals surface area contributed by atoms with E-state index in [0.29, 0.717) is 11.0 Å². The Labute approximate surface area is 126 Å². The molecule has 1 aromatic rings. The Morgan fingerprint density at radius 2 is 1.95 bits per heavy atom. The molecule has 1 aliphatic rings. The molecule has 1 saturated heterocycles. The summed E-state index contributed by atoms with van der Waals surface area (Å²) >= 11 is 5.32. The molecule has 1 heterocycles. The fraction of sp³-hybridized carbons (Fsp3) is 0.533. The van der Waals surface area contributed by atoms with E-state index in [1.807, 2.05) is 0 Å². The largest absolute Gasteiger partial charge is 0.379 e. The van der Waals surface area contributed by atoms with Gasteiger partial charge in [-0.25, -0.2) is 5.01 Å². The molecule has 2 rings (SSSR count). The van der Waals surface area contributed by atoms with Gasteiger partial charge in [0.15, 0.2) is 5.11 Å². The third-order valence-electron chi connectivity index (χ3n) is 3.62. The van der Waals surface area contributed by atoms with Crippen LogP contribution in [0.15, 0.2) is 24.3 Å². The molecule has 0 radical (unpaired) electrons. The predicted octanol–water partition coefficient (Wildman–Crippen LogP) is 2.73. The van der Waals surface area contributed by atoms with Crippen LogP contribution < -0.4 is 10.7 Å². The minimum atomic E-state index is 0.600. The molecule has 0 aliphatic carbocycles. The van der Waals surface area contributed by atoms with Gasteiger partial charge in [0.25, 0.3) is 0 Å². The van der Waals surface area contributed by atoms with Gasteiger partial charge >= 0.3 is 0 Å². The molecule has 2 N–H and O–H groups in total. The van der Waals surface area contributed by atoms with Gasteiger partial charge in [-0.2, -0.15) is 0 Å². The van der Waals surface area contributed by atoms with Crippen LogP contribution in [0.5, 0.6) is 0 Å². The molecule has 0 aromatic heterocycles. The summed E-state index contributed by atoms with van der Waals surface area (Å²) in [6.07, 6.45) is 1.16. The maximum absolute atomic E-state index is 5.32. The van der Waals surface area contributed by atoms with E-state index in [9.17, 15) is 0 Å². The molecular formula is C15H23N3OS. The molecule has 0 bridgehead atoms. The topological polar surface area (TPSA) is 36.5 Å². The highest BCUT2D eigenvalue weighted by molar-refractivity contribution is 7.80. The van der Waals surface area contributed by atoms with Crippen LogP contribution in [0, 0.1) is 0 Å². The average molecular weight is 293 g/mol. The van der Waals surface area contributed by atoms with Crippen molar-refractivity contribution < 1.29 is 4.74 Å². The number of hydrogen-bond donors (Lipinski definition) is 2. The lowest BCUT2D eigenvalue weighted by molar-refractivity contribution is 0.0252. The third-order valence-corrected chi connectivity index (χ3v) is 3.81. The zero-order valence-electron chi connectivity index (χ0n) is 12.2. The van der Waals surface area contributed by atoms with Gasteiger partial charge in [-0.3, -0.25) is 5.43 Å². The summed E-state index contributed by atoms with van der Waals surface area (Å²) in [5, 5.41) is 5.91. The Morgan fingerprint density at radius 1 is 1.30 bits per heavy atom. The predicted molar refractivity (Wildman–Crippen MR) is 86.9 cm³/mol. The summed E-state index contributed by atoms with van der Waals surface area (Å²) < 4.78 is 5.30. The van der Waals surface area contributed by atoms with E-state index in [1.54, 1.807) is 0 Å². The first-order chi connectivity index (χ1) is 9.69. The van der Waals surface area contributed by atoms with E-state index in [4.69, 9.17) is 17.0 Å². The fourth-order valence-corrected chi connectivity index (χ4v) is 2.36. The molecule has 0 amide bonds. The first kappa shape index (κ1) is 15.2. The molecule has 0 spiro atoms. The molecule has 110 valence electrons. The van der Waals surface area contributed by atoms with Crippen molar-refractivity contribution in [3.05, 3.63) is 29.8 Å². The SMILES string of the molecule is CC[C@H](C)c1ccc(NC(=S)NN2CCOCC2)cc1. The second kappa shape index (κ2) is 7.57. The minimum absolute atomic E-state index is 0.600. The van der Waals surface area contributed by atoms with Gasteiger partial charge in [0.2, 0.25) is 0 Å². The van der Waals surface area contributed by atoms with Crippen LogP contribution in [-0.4, -0.2) is 36.4 Å². The maximum Gasteiger partial charge on any atom is 0.185 e. The van der Waals surface area contributed by atoms with Gasteiger partial charge in [0.1, 0.15) is 0 Å². The number of hydrazine groups is 1. The van der Waals surface area contributed by atoms with Gasteiger partial charge in [0.05, 0.1) is 13.2 Å². The molecule has 1 aliphatic heterocycles. The van der Waals surface area contributed by atoms with E-state index in [2.05, 4.69) is 53.9 Å². The van der Waals surface area contributed by atoms with Crippen molar-refractivity contribution >= 4 is 23.0 Å². The molecule has 0 saturated carbocycles. The Kier molecular flexibility index (Phi) is 5.76. The normalized spacial score (nSPS) is 17.5. The molecule has 0 unspecified atom stereocenters. The standard InChI is InChI=1S/C15H23N3OS/c1-3-12(2)13-4-6-14(7-5-13)16-15(20)17-18-8-10-19-11-9-18/h4-7,12H,3,8-11H2,1-2H3,(H2,16,17,20)/t12-/m0/s1. The van der Waals surface area contributed by atoms with Crippen molar-refractivity contribution in [2.45, 2.75) is 26.2 Å². The molecule has 20 heavy (non-hydrogen) atoms. The summed E-state index contributed by atoms with van der Waals surface area (Å²) in [4.78, 5) is 0. The highest BCUT2D eigenvalue weighted by atomic mass is 32.1. The van der Waals surface area contributed by atoms with E-state index in [0.717, 1.165) is 38.4 Å². The number of ether oxygens (including phenoxy) is 1. The first-order valence-electron chi connectivity index (χ1n) is 7.19. The lowest BCUT2D eigenvalue weighted by Crippen LogP contribution is -2.49. The second-order valence-electron chi connectivity index (χ2n) is 5.10. The van der Waals surface area contributed by atoms with Crippen LogP contribution in [0.3, 0.4) is 0 Å². The van der Waals surface area contributed by atoms with Crippen LogP contribution in [0.4, 0.5) is 5.69 Å². The van der Waals surface area contributed by atoms with Gasteiger partial charge in [0, 0.05) is 18.8 Å². The van der Waals surface area contributed by atoms with Crippen LogP contribution >= 0.6 is 12.2 Å². The number of hydrogen-bond acceptors (Lipinski definition) is 3. The minimum Gasteiger partial charge on any atom is -0.379 e. The van der Waals surface area contributed by atoms with Gasteiger partial charge < -0.3 is 10.1 Å². The first-order valence-corrected chi connectivity index (χ1v) is 7.60. The highest BCUT2D eigenvalue weighted by Crippen LogP contribution is 2.20. The molecule has 5 heteroatoms. The summed E-state index contributed by atoms with van der Waals surface area (Å²) in [5.41, 5.74) is 5.57. The molecule has 1 aromatic carbocycles. The second-order valence-corrected chi connectivity index (χ2v) is 5.50. The van der Waals surface area contributed by atoms with Crippen LogP contribution in [0.1, 0.15) is 31.7 Å². The monoisotopic (exact) mass is 293 g/mol. The Bertz CT molecular complexity index is 429. The van der Waals surface area contributed by atoms with Crippen molar-refractivity contribution in [1.82, 2.24) is 10.4 Å². The lowest BCUT2D eigenvalue weighted by atomic mass is 9.99. The van der Waals surface area contributed by atoms with Crippen molar-refractivity contribution in [1.29, 1.82) is 0 Å². The van der Waals surface area contributed by atoms with Crippen molar-refractivity contribution in [3.63, 3.8) is 0 Å². The van der Waals surface area contributed by atoms with Gasteiger partial charge in [-0.1, -0.05) is 26.0 Å².